The molecule has 0 aromatic rings. The van der Waals surface area contributed by atoms with Crippen molar-refractivity contribution in [3.05, 3.63) is 0 Å². The smallest absolute Gasteiger partial charge is 0.547 e. The van der Waals surface area contributed by atoms with E-state index in [0.717, 1.165) is 0 Å². The summed E-state index contributed by atoms with van der Waals surface area (Å²) in [5.41, 5.74) is 0. The molecule has 12 nitrogen and oxygen atoms in total. The van der Waals surface area contributed by atoms with Gasteiger partial charge in [-0.3, -0.25) is 0 Å². The summed E-state index contributed by atoms with van der Waals surface area (Å²) in [7, 11) is 0. The first kappa shape index (κ1) is 25.0. The van der Waals surface area contributed by atoms with E-state index in [1.807, 2.05) is 0 Å². The Balaban J connectivity index is -0.000000295. The Labute approximate surface area is 145 Å². The minimum atomic E-state index is -2.44. The van der Waals surface area contributed by atoms with Crippen LogP contribution in [0.3, 0.4) is 0 Å². The van der Waals surface area contributed by atoms with Crippen LogP contribution in [0.2, 0.25) is 0 Å². The summed E-state index contributed by atoms with van der Waals surface area (Å²) < 4.78 is 0. The predicted molar refractivity (Wildman–Crippen MR) is 55.1 cm³/mol. The second kappa shape index (κ2) is 11.6. The number of rotatable bonds is 6. The summed E-state index contributed by atoms with van der Waals surface area (Å²) in [6, 6.07) is 0. The molecule has 6 N–H and O–H groups in total. The second-order valence-electron chi connectivity index (χ2n) is 3.09. The van der Waals surface area contributed by atoms with Crippen LogP contribution >= 0.6 is 0 Å². The normalized spacial score (nSPS) is 15.0. The Morgan fingerprint density at radius 3 is 0.905 bits per heavy atom. The van der Waals surface area contributed by atoms with Crippen LogP contribution < -0.4 is 10.2 Å². The van der Waals surface area contributed by atoms with E-state index in [2.05, 4.69) is 0 Å². The van der Waals surface area contributed by atoms with Gasteiger partial charge in [-0.25, -0.2) is 9.59 Å². The zero-order chi connectivity index (χ0) is 16.6. The molecule has 13 heteroatoms. The molecule has 116 valence electrons. The van der Waals surface area contributed by atoms with Gasteiger partial charge in [0.05, 0.1) is 11.9 Å². The SMILES string of the molecule is O=C(O)C(O)C(O)C(=O)O.O=C([O-])C(O)C(O)C(=O)[O-].[Ca+2]. The third kappa shape index (κ3) is 10.4. The molecule has 4 atom stereocenters. The topological polar surface area (TPSA) is 236 Å². The molecular formula is C8H10CaO12. The molecule has 0 saturated heterocycles. The molecule has 0 rings (SSSR count). The molecule has 0 amide bonds. The Hall–Kier alpha value is -1.02. The van der Waals surface area contributed by atoms with Gasteiger partial charge in [0.15, 0.2) is 12.2 Å². The molecule has 21 heavy (non-hydrogen) atoms. The van der Waals surface area contributed by atoms with Crippen molar-refractivity contribution in [3.8, 4) is 0 Å². The van der Waals surface area contributed by atoms with Gasteiger partial charge in [0.1, 0.15) is 12.2 Å². The number of carbonyl (C=O) groups excluding carboxylic acids is 2. The van der Waals surface area contributed by atoms with Crippen LogP contribution in [0.1, 0.15) is 0 Å². The molecule has 0 aliphatic rings. The Morgan fingerprint density at radius 2 is 0.810 bits per heavy atom. The van der Waals surface area contributed by atoms with Crippen molar-refractivity contribution in [1.29, 1.82) is 0 Å². The van der Waals surface area contributed by atoms with Crippen molar-refractivity contribution in [2.45, 2.75) is 24.4 Å². The number of aliphatic hydroxyl groups is 4. The second-order valence-corrected chi connectivity index (χ2v) is 3.09. The third-order valence-electron chi connectivity index (χ3n) is 1.59. The van der Waals surface area contributed by atoms with E-state index in [1.54, 1.807) is 0 Å². The molecule has 0 aliphatic carbocycles. The minimum absolute atomic E-state index is 0. The predicted octanol–water partition coefficient (Wildman–Crippen LogP) is -7.30. The molecule has 0 bridgehead atoms. The summed E-state index contributed by atoms with van der Waals surface area (Å²) in [6.07, 6.45) is -9.41. The van der Waals surface area contributed by atoms with Gasteiger partial charge in [-0.2, -0.15) is 0 Å². The Morgan fingerprint density at radius 1 is 0.619 bits per heavy atom. The van der Waals surface area contributed by atoms with Crippen LogP contribution in [0.25, 0.3) is 0 Å². The maximum Gasteiger partial charge on any atom is 2.00 e. The van der Waals surface area contributed by atoms with Crippen molar-refractivity contribution in [2.24, 2.45) is 0 Å². The number of aliphatic hydroxyl groups excluding tert-OH is 4. The molecule has 0 aliphatic heterocycles. The van der Waals surface area contributed by atoms with E-state index >= 15 is 0 Å². The molecule has 4 unspecified atom stereocenters. The van der Waals surface area contributed by atoms with Crippen molar-refractivity contribution in [1.82, 2.24) is 0 Å². The van der Waals surface area contributed by atoms with Crippen LogP contribution in [0.4, 0.5) is 0 Å². The van der Waals surface area contributed by atoms with Crippen LogP contribution in [0, 0.1) is 0 Å². The Kier molecular flexibility index (Phi) is 13.8. The fraction of sp³-hybridized carbons (Fsp3) is 0.500. The summed E-state index contributed by atoms with van der Waals surface area (Å²) in [6.45, 7) is 0. The maximum atomic E-state index is 9.77. The maximum absolute atomic E-state index is 9.77. The van der Waals surface area contributed by atoms with Crippen molar-refractivity contribution in [2.75, 3.05) is 0 Å². The zero-order valence-corrected chi connectivity index (χ0v) is 12.4. The molecule has 0 radical (unpaired) electrons. The molecule has 0 aromatic carbocycles. The molecular weight excluding hydrogens is 328 g/mol. The Bertz CT molecular complexity index is 309. The number of hydrogen-bond donors (Lipinski definition) is 6. The largest absolute Gasteiger partial charge is 2.00 e. The average Bonchev–Trinajstić information content (AvgIpc) is 2.35. The van der Waals surface area contributed by atoms with Crippen LogP contribution in [0.15, 0.2) is 0 Å². The van der Waals surface area contributed by atoms with Gasteiger partial charge < -0.3 is 50.4 Å². The first-order valence-electron chi connectivity index (χ1n) is 4.53. The molecule has 0 heterocycles. The number of carbonyl (C=O) groups is 4. The van der Waals surface area contributed by atoms with Gasteiger partial charge in [0.25, 0.3) is 0 Å². The number of aliphatic carboxylic acids is 4. The first-order valence-corrected chi connectivity index (χ1v) is 4.53. The van der Waals surface area contributed by atoms with Gasteiger partial charge in [-0.15, -0.1) is 0 Å². The monoisotopic (exact) mass is 338 g/mol. The van der Waals surface area contributed by atoms with E-state index in [-0.39, 0.29) is 37.7 Å². The van der Waals surface area contributed by atoms with E-state index in [0.29, 0.717) is 0 Å². The molecule has 0 spiro atoms. The minimum Gasteiger partial charge on any atom is -0.547 e. The number of hydrogen-bond acceptors (Lipinski definition) is 10. The molecule has 0 aromatic heterocycles. The van der Waals surface area contributed by atoms with Crippen molar-refractivity contribution < 1.29 is 60.0 Å². The van der Waals surface area contributed by atoms with Crippen molar-refractivity contribution in [3.63, 3.8) is 0 Å². The van der Waals surface area contributed by atoms with Crippen LogP contribution in [-0.2, 0) is 19.2 Å². The van der Waals surface area contributed by atoms with E-state index in [1.165, 1.54) is 0 Å². The first-order chi connectivity index (χ1) is 8.93. The van der Waals surface area contributed by atoms with Crippen LogP contribution in [-0.4, -0.2) is 117 Å². The molecule has 0 fully saturated rings. The summed E-state index contributed by atoms with van der Waals surface area (Å²) in [5, 5.41) is 68.3. The summed E-state index contributed by atoms with van der Waals surface area (Å²) in [5.74, 6) is -7.65. The van der Waals surface area contributed by atoms with Gasteiger partial charge >= 0.3 is 49.7 Å². The third-order valence-corrected chi connectivity index (χ3v) is 1.59. The van der Waals surface area contributed by atoms with Crippen LogP contribution in [0.5, 0.6) is 0 Å². The quantitative estimate of drug-likeness (QED) is 0.248. The van der Waals surface area contributed by atoms with Gasteiger partial charge in [-0.05, 0) is 0 Å². The average molecular weight is 338 g/mol. The van der Waals surface area contributed by atoms with Gasteiger partial charge in [0.2, 0.25) is 0 Å². The van der Waals surface area contributed by atoms with Gasteiger partial charge in [0, 0.05) is 0 Å². The number of carboxylic acids is 4. The van der Waals surface area contributed by atoms with E-state index < -0.39 is 48.3 Å². The standard InChI is InChI=1S/2C4H6O6.Ca/c2*5-1(3(7)8)2(6)4(9)10;/h2*1-2,5-6H,(H,7,8)(H,9,10);/q;;+2/p-2. The fourth-order valence-electron chi connectivity index (χ4n) is 0.528. The van der Waals surface area contributed by atoms with Crippen molar-refractivity contribution >= 4 is 61.6 Å². The summed E-state index contributed by atoms with van der Waals surface area (Å²) >= 11 is 0. The van der Waals surface area contributed by atoms with Gasteiger partial charge in [-0.1, -0.05) is 0 Å². The van der Waals surface area contributed by atoms with E-state index in [9.17, 15) is 29.4 Å². The fourth-order valence-corrected chi connectivity index (χ4v) is 0.528. The zero-order valence-electron chi connectivity index (χ0n) is 10.1. The van der Waals surface area contributed by atoms with E-state index in [4.69, 9.17) is 30.6 Å². The molecule has 0 saturated carbocycles. The number of carboxylic acid groups (broad SMARTS) is 4. The summed E-state index contributed by atoms with van der Waals surface area (Å²) in [4.78, 5) is 38.8.